The summed E-state index contributed by atoms with van der Waals surface area (Å²) in [6.07, 6.45) is 1.80. The quantitative estimate of drug-likeness (QED) is 0.614. The van der Waals surface area contributed by atoms with E-state index in [0.717, 1.165) is 27.5 Å². The second-order valence-electron chi connectivity index (χ2n) is 6.36. The largest absolute Gasteiger partial charge is 0.298 e. The third-order valence-corrected chi connectivity index (χ3v) is 7.78. The zero-order chi connectivity index (χ0) is 19.2. The van der Waals surface area contributed by atoms with Gasteiger partial charge in [0.2, 0.25) is 10.0 Å². The number of benzene rings is 2. The van der Waals surface area contributed by atoms with Crippen LogP contribution in [-0.2, 0) is 10.0 Å². The molecule has 2 aromatic carbocycles. The van der Waals surface area contributed by atoms with Crippen molar-refractivity contribution < 1.29 is 13.2 Å². The predicted molar refractivity (Wildman–Crippen MR) is 110 cm³/mol. The lowest BCUT2D eigenvalue weighted by Crippen LogP contribution is -2.29. The van der Waals surface area contributed by atoms with E-state index in [1.54, 1.807) is 7.05 Å². The van der Waals surface area contributed by atoms with Crippen LogP contribution < -0.4 is 5.32 Å². The van der Waals surface area contributed by atoms with Gasteiger partial charge >= 0.3 is 0 Å². The van der Waals surface area contributed by atoms with Gasteiger partial charge in [-0.15, -0.1) is 0 Å². The lowest BCUT2D eigenvalue weighted by atomic mass is 10.2. The second-order valence-corrected chi connectivity index (χ2v) is 10.3. The molecule has 9 heteroatoms. The number of nitrogens with one attached hydrogen (secondary N) is 1. The Labute approximate surface area is 169 Å². The van der Waals surface area contributed by atoms with Crippen LogP contribution in [0, 0.1) is 0 Å². The number of sulfonamides is 1. The SMILES string of the molecule is CN(C1CC1)S(=O)(=O)c1ccc(C(=O)Nc2nc3ccc(Br)cc3s2)cc1. The molecule has 0 aliphatic heterocycles. The fourth-order valence-corrected chi connectivity index (χ4v) is 5.53. The van der Waals surface area contributed by atoms with Crippen LogP contribution in [0.15, 0.2) is 51.8 Å². The van der Waals surface area contributed by atoms with Gasteiger partial charge in [0.05, 0.1) is 15.1 Å². The summed E-state index contributed by atoms with van der Waals surface area (Å²) in [7, 11) is -1.92. The van der Waals surface area contributed by atoms with Crippen LogP contribution in [0.3, 0.4) is 0 Å². The molecule has 0 atom stereocenters. The normalized spacial score (nSPS) is 14.6. The Bertz CT molecular complexity index is 1120. The number of carbonyl (C=O) groups is 1. The predicted octanol–water partition coefficient (Wildman–Crippen LogP) is 4.09. The minimum absolute atomic E-state index is 0.0945. The van der Waals surface area contributed by atoms with Crippen molar-refractivity contribution in [1.29, 1.82) is 0 Å². The van der Waals surface area contributed by atoms with Crippen LogP contribution in [0.4, 0.5) is 5.13 Å². The number of aromatic nitrogens is 1. The van der Waals surface area contributed by atoms with E-state index in [2.05, 4.69) is 26.2 Å². The van der Waals surface area contributed by atoms with Gasteiger partial charge in [-0.2, -0.15) is 4.31 Å². The molecule has 1 aliphatic carbocycles. The molecule has 1 aromatic heterocycles. The van der Waals surface area contributed by atoms with Crippen molar-refractivity contribution in [3.63, 3.8) is 0 Å². The number of carbonyl (C=O) groups excluding carboxylic acids is 1. The van der Waals surface area contributed by atoms with Gasteiger partial charge in [-0.1, -0.05) is 27.3 Å². The highest BCUT2D eigenvalue weighted by molar-refractivity contribution is 9.10. The molecule has 1 saturated carbocycles. The van der Waals surface area contributed by atoms with Crippen LogP contribution in [0.2, 0.25) is 0 Å². The van der Waals surface area contributed by atoms with Crippen LogP contribution in [0.5, 0.6) is 0 Å². The first-order valence-corrected chi connectivity index (χ1v) is 11.3. The van der Waals surface area contributed by atoms with Gasteiger partial charge in [-0.05, 0) is 55.3 Å². The number of fused-ring (bicyclic) bond motifs is 1. The van der Waals surface area contributed by atoms with Crippen molar-refractivity contribution in [3.8, 4) is 0 Å². The van der Waals surface area contributed by atoms with Gasteiger partial charge in [0.25, 0.3) is 5.91 Å². The lowest BCUT2D eigenvalue weighted by molar-refractivity contribution is 0.102. The van der Waals surface area contributed by atoms with E-state index in [-0.39, 0.29) is 16.8 Å². The summed E-state index contributed by atoms with van der Waals surface area (Å²) in [5.41, 5.74) is 1.19. The first-order valence-electron chi connectivity index (χ1n) is 8.30. The van der Waals surface area contributed by atoms with Gasteiger partial charge in [-0.25, -0.2) is 13.4 Å². The summed E-state index contributed by atoms with van der Waals surface area (Å²) in [5.74, 6) is -0.326. The maximum absolute atomic E-state index is 12.5. The van der Waals surface area contributed by atoms with Gasteiger partial charge < -0.3 is 0 Å². The molecule has 3 aromatic rings. The van der Waals surface area contributed by atoms with Crippen LogP contribution >= 0.6 is 27.3 Å². The Morgan fingerprint density at radius 1 is 1.22 bits per heavy atom. The number of halogens is 1. The first kappa shape index (κ1) is 18.5. The van der Waals surface area contributed by atoms with E-state index in [0.29, 0.717) is 10.7 Å². The van der Waals surface area contributed by atoms with Crippen molar-refractivity contribution in [2.75, 3.05) is 12.4 Å². The van der Waals surface area contributed by atoms with Crippen LogP contribution in [0.25, 0.3) is 10.2 Å². The van der Waals surface area contributed by atoms with Crippen molar-refractivity contribution >= 4 is 58.5 Å². The highest BCUT2D eigenvalue weighted by atomic mass is 79.9. The van der Waals surface area contributed by atoms with Crippen LogP contribution in [-0.4, -0.2) is 36.7 Å². The number of hydrogen-bond donors (Lipinski definition) is 1. The smallest absolute Gasteiger partial charge is 0.257 e. The number of amides is 1. The van der Waals surface area contributed by atoms with Gasteiger partial charge in [-0.3, -0.25) is 10.1 Å². The lowest BCUT2D eigenvalue weighted by Gasteiger charge is -2.16. The van der Waals surface area contributed by atoms with E-state index in [1.807, 2.05) is 18.2 Å². The maximum atomic E-state index is 12.5. The van der Waals surface area contributed by atoms with Gasteiger partial charge in [0.1, 0.15) is 0 Å². The van der Waals surface area contributed by atoms with Crippen molar-refractivity contribution in [3.05, 3.63) is 52.5 Å². The summed E-state index contributed by atoms with van der Waals surface area (Å²) in [6.45, 7) is 0. The molecule has 140 valence electrons. The molecule has 1 N–H and O–H groups in total. The number of hydrogen-bond acceptors (Lipinski definition) is 5. The summed E-state index contributed by atoms with van der Waals surface area (Å²) < 4.78 is 28.4. The molecule has 1 heterocycles. The molecule has 4 rings (SSSR count). The molecule has 0 unspecified atom stereocenters. The van der Waals surface area contributed by atoms with E-state index in [4.69, 9.17) is 0 Å². The molecule has 6 nitrogen and oxygen atoms in total. The van der Waals surface area contributed by atoms with E-state index >= 15 is 0 Å². The summed E-state index contributed by atoms with van der Waals surface area (Å²) in [5, 5.41) is 3.27. The summed E-state index contributed by atoms with van der Waals surface area (Å²) in [4.78, 5) is 17.0. The monoisotopic (exact) mass is 465 g/mol. The highest BCUT2D eigenvalue weighted by Gasteiger charge is 2.35. The molecule has 1 fully saturated rings. The topological polar surface area (TPSA) is 79.4 Å². The molecular weight excluding hydrogens is 450 g/mol. The molecule has 0 radical (unpaired) electrons. The van der Waals surface area contributed by atoms with Gasteiger partial charge in [0, 0.05) is 23.1 Å². The Morgan fingerprint density at radius 2 is 1.93 bits per heavy atom. The zero-order valence-corrected chi connectivity index (χ0v) is 17.6. The summed E-state index contributed by atoms with van der Waals surface area (Å²) >= 11 is 4.79. The van der Waals surface area contributed by atoms with E-state index in [9.17, 15) is 13.2 Å². The standard InChI is InChI=1S/C18H16BrN3O3S2/c1-22(13-5-6-13)27(24,25)14-7-2-11(3-8-14)17(23)21-18-20-15-9-4-12(19)10-16(15)26-18/h2-4,7-10,13H,5-6H2,1H3,(H,20,21,23). The highest BCUT2D eigenvalue weighted by Crippen LogP contribution is 2.31. The van der Waals surface area contributed by atoms with E-state index in [1.165, 1.54) is 39.9 Å². The molecule has 0 spiro atoms. The second kappa shape index (κ2) is 6.97. The van der Waals surface area contributed by atoms with E-state index < -0.39 is 10.0 Å². The van der Waals surface area contributed by atoms with Crippen LogP contribution in [0.1, 0.15) is 23.2 Å². The number of anilines is 1. The minimum atomic E-state index is -3.51. The number of thiazole rings is 1. The fourth-order valence-electron chi connectivity index (χ4n) is 2.70. The summed E-state index contributed by atoms with van der Waals surface area (Å²) in [6, 6.07) is 11.8. The fraction of sp³-hybridized carbons (Fsp3) is 0.222. The third kappa shape index (κ3) is 3.77. The molecule has 1 amide bonds. The number of rotatable bonds is 5. The zero-order valence-electron chi connectivity index (χ0n) is 14.3. The number of nitrogens with zero attached hydrogens (tertiary/aromatic N) is 2. The minimum Gasteiger partial charge on any atom is -0.298 e. The average Bonchev–Trinajstić information content (AvgIpc) is 3.41. The third-order valence-electron chi connectivity index (χ3n) is 4.43. The first-order chi connectivity index (χ1) is 12.8. The Morgan fingerprint density at radius 3 is 2.59 bits per heavy atom. The Kier molecular flexibility index (Phi) is 4.79. The molecular formula is C18H16BrN3O3S2. The van der Waals surface area contributed by atoms with Crippen molar-refractivity contribution in [1.82, 2.24) is 9.29 Å². The Balaban J connectivity index is 1.51. The molecule has 1 aliphatic rings. The molecule has 27 heavy (non-hydrogen) atoms. The maximum Gasteiger partial charge on any atom is 0.257 e. The van der Waals surface area contributed by atoms with Gasteiger partial charge in [0.15, 0.2) is 5.13 Å². The van der Waals surface area contributed by atoms with Crippen molar-refractivity contribution in [2.45, 2.75) is 23.8 Å². The van der Waals surface area contributed by atoms with Crippen molar-refractivity contribution in [2.24, 2.45) is 0 Å². The molecule has 0 bridgehead atoms. The molecule has 0 saturated heterocycles. The Hall–Kier alpha value is -1.81. The average molecular weight is 466 g/mol.